The molecule has 0 aliphatic heterocycles. The Morgan fingerprint density at radius 3 is 2.78 bits per heavy atom. The molecule has 0 aliphatic rings. The van der Waals surface area contributed by atoms with Crippen LogP contribution in [0, 0.1) is 6.92 Å². The van der Waals surface area contributed by atoms with Crippen LogP contribution in [0.3, 0.4) is 0 Å². The van der Waals surface area contributed by atoms with Gasteiger partial charge in [0.05, 0.1) is 11.9 Å². The predicted molar refractivity (Wildman–Crippen MR) is 68.5 cm³/mol. The third kappa shape index (κ3) is 2.36. The fourth-order valence-electron chi connectivity index (χ4n) is 1.56. The molecule has 96 valence electrons. The maximum Gasteiger partial charge on any atom is 0.279 e. The second-order valence-corrected chi connectivity index (χ2v) is 5.47. The lowest BCUT2D eigenvalue weighted by Gasteiger charge is -2.09. The molecule has 18 heavy (non-hydrogen) atoms. The number of sulfonamides is 1. The van der Waals surface area contributed by atoms with Crippen molar-refractivity contribution in [3.8, 4) is 0 Å². The number of hydrogen-bond acceptors (Lipinski definition) is 4. The Balaban J connectivity index is 2.37. The van der Waals surface area contributed by atoms with E-state index in [1.54, 1.807) is 12.1 Å². The SMILES string of the molecule is Cc1ccccc1NS(=O)(=O)c1[nH]ncc1CN. The van der Waals surface area contributed by atoms with Crippen molar-refractivity contribution in [2.45, 2.75) is 18.5 Å². The van der Waals surface area contributed by atoms with Crippen LogP contribution in [0.4, 0.5) is 5.69 Å². The predicted octanol–water partition coefficient (Wildman–Crippen LogP) is 0.978. The fourth-order valence-corrected chi connectivity index (χ4v) is 2.84. The number of aromatic amines is 1. The van der Waals surface area contributed by atoms with Crippen LogP contribution in [-0.2, 0) is 16.6 Å². The van der Waals surface area contributed by atoms with Crippen molar-refractivity contribution in [3.63, 3.8) is 0 Å². The van der Waals surface area contributed by atoms with Gasteiger partial charge in [-0.1, -0.05) is 18.2 Å². The van der Waals surface area contributed by atoms with E-state index in [1.807, 2.05) is 19.1 Å². The van der Waals surface area contributed by atoms with Crippen LogP contribution in [0.5, 0.6) is 0 Å². The first-order chi connectivity index (χ1) is 8.54. The Kier molecular flexibility index (Phi) is 3.35. The highest BCUT2D eigenvalue weighted by molar-refractivity contribution is 7.92. The topological polar surface area (TPSA) is 101 Å². The van der Waals surface area contributed by atoms with Gasteiger partial charge in [-0.25, -0.2) is 0 Å². The Labute approximate surface area is 105 Å². The average molecular weight is 266 g/mol. The highest BCUT2D eigenvalue weighted by Gasteiger charge is 2.20. The van der Waals surface area contributed by atoms with Gasteiger partial charge in [0.15, 0.2) is 5.03 Å². The molecule has 0 aliphatic carbocycles. The van der Waals surface area contributed by atoms with Gasteiger partial charge in [-0.2, -0.15) is 13.5 Å². The summed E-state index contributed by atoms with van der Waals surface area (Å²) in [5, 5.41) is 6.16. The third-order valence-corrected chi connectivity index (χ3v) is 3.94. The molecule has 0 fully saturated rings. The molecule has 0 amide bonds. The monoisotopic (exact) mass is 266 g/mol. The van der Waals surface area contributed by atoms with Crippen molar-refractivity contribution in [1.82, 2.24) is 10.2 Å². The standard InChI is InChI=1S/C11H14N4O2S/c1-8-4-2-3-5-10(8)15-18(16,17)11-9(6-12)7-13-14-11/h2-5,7,15H,6,12H2,1H3,(H,13,14). The summed E-state index contributed by atoms with van der Waals surface area (Å²) in [5.74, 6) is 0. The summed E-state index contributed by atoms with van der Waals surface area (Å²) in [4.78, 5) is 0. The van der Waals surface area contributed by atoms with Crippen LogP contribution < -0.4 is 10.5 Å². The maximum absolute atomic E-state index is 12.2. The summed E-state index contributed by atoms with van der Waals surface area (Å²) in [5.41, 5.74) is 7.30. The molecule has 0 saturated carbocycles. The number of hydrogen-bond donors (Lipinski definition) is 3. The number of nitrogens with two attached hydrogens (primary N) is 1. The quantitative estimate of drug-likeness (QED) is 0.767. The number of nitrogens with zero attached hydrogens (tertiary/aromatic N) is 1. The average Bonchev–Trinajstić information content (AvgIpc) is 2.81. The summed E-state index contributed by atoms with van der Waals surface area (Å²) in [6.45, 7) is 1.94. The van der Waals surface area contributed by atoms with E-state index in [9.17, 15) is 8.42 Å². The van der Waals surface area contributed by atoms with Crippen molar-refractivity contribution in [2.75, 3.05) is 4.72 Å². The van der Waals surface area contributed by atoms with Crippen molar-refractivity contribution in [1.29, 1.82) is 0 Å². The van der Waals surface area contributed by atoms with Gasteiger partial charge < -0.3 is 5.73 Å². The Morgan fingerprint density at radius 1 is 1.39 bits per heavy atom. The molecule has 0 atom stereocenters. The van der Waals surface area contributed by atoms with Crippen molar-refractivity contribution in [2.24, 2.45) is 5.73 Å². The van der Waals surface area contributed by atoms with E-state index in [4.69, 9.17) is 5.73 Å². The highest BCUT2D eigenvalue weighted by atomic mass is 32.2. The lowest BCUT2D eigenvalue weighted by Crippen LogP contribution is -2.16. The zero-order valence-corrected chi connectivity index (χ0v) is 10.7. The van der Waals surface area contributed by atoms with Gasteiger partial charge >= 0.3 is 0 Å². The summed E-state index contributed by atoms with van der Waals surface area (Å²) >= 11 is 0. The molecule has 1 aromatic heterocycles. The maximum atomic E-state index is 12.2. The fraction of sp³-hybridized carbons (Fsp3) is 0.182. The first-order valence-electron chi connectivity index (χ1n) is 5.35. The highest BCUT2D eigenvalue weighted by Crippen LogP contribution is 2.19. The second-order valence-electron chi connectivity index (χ2n) is 3.85. The minimum atomic E-state index is -3.68. The molecule has 4 N–H and O–H groups in total. The van der Waals surface area contributed by atoms with Gasteiger partial charge in [-0.15, -0.1) is 0 Å². The van der Waals surface area contributed by atoms with Gasteiger partial charge in [0, 0.05) is 12.1 Å². The van der Waals surface area contributed by atoms with E-state index in [-0.39, 0.29) is 11.6 Å². The number of aryl methyl sites for hydroxylation is 1. The molecule has 2 rings (SSSR count). The minimum Gasteiger partial charge on any atom is -0.326 e. The number of nitrogens with one attached hydrogen (secondary N) is 2. The van der Waals surface area contributed by atoms with Gasteiger partial charge in [-0.3, -0.25) is 9.82 Å². The summed E-state index contributed by atoms with van der Waals surface area (Å²) in [6.07, 6.45) is 1.41. The first-order valence-corrected chi connectivity index (χ1v) is 6.83. The van der Waals surface area contributed by atoms with Crippen LogP contribution >= 0.6 is 0 Å². The van der Waals surface area contributed by atoms with Gasteiger partial charge in [0.2, 0.25) is 0 Å². The number of aromatic nitrogens is 2. The van der Waals surface area contributed by atoms with Gasteiger partial charge in [-0.05, 0) is 18.6 Å². The number of rotatable bonds is 4. The van der Waals surface area contributed by atoms with E-state index in [2.05, 4.69) is 14.9 Å². The van der Waals surface area contributed by atoms with Crippen molar-refractivity contribution < 1.29 is 8.42 Å². The van der Waals surface area contributed by atoms with Crippen LogP contribution in [-0.4, -0.2) is 18.6 Å². The van der Waals surface area contributed by atoms with E-state index < -0.39 is 10.0 Å². The smallest absolute Gasteiger partial charge is 0.279 e. The molecule has 2 aromatic rings. The molecule has 1 heterocycles. The Hall–Kier alpha value is -1.86. The van der Waals surface area contributed by atoms with E-state index >= 15 is 0 Å². The van der Waals surface area contributed by atoms with Crippen LogP contribution in [0.2, 0.25) is 0 Å². The Bertz CT molecular complexity index is 649. The number of anilines is 1. The molecule has 1 aromatic carbocycles. The van der Waals surface area contributed by atoms with Crippen LogP contribution in [0.15, 0.2) is 35.5 Å². The van der Waals surface area contributed by atoms with Crippen molar-refractivity contribution >= 4 is 15.7 Å². The Morgan fingerprint density at radius 2 is 2.11 bits per heavy atom. The normalized spacial score (nSPS) is 11.4. The molecule has 0 saturated heterocycles. The molecule has 0 bridgehead atoms. The van der Waals surface area contributed by atoms with E-state index in [0.29, 0.717) is 11.3 Å². The van der Waals surface area contributed by atoms with Crippen molar-refractivity contribution in [3.05, 3.63) is 41.6 Å². The van der Waals surface area contributed by atoms with Gasteiger partial charge in [0.25, 0.3) is 10.0 Å². The number of benzene rings is 1. The molecule has 0 unspecified atom stereocenters. The molecular formula is C11H14N4O2S. The lowest BCUT2D eigenvalue weighted by atomic mass is 10.2. The molecule has 0 spiro atoms. The number of para-hydroxylation sites is 1. The van der Waals surface area contributed by atoms with Gasteiger partial charge in [0.1, 0.15) is 0 Å². The summed E-state index contributed by atoms with van der Waals surface area (Å²) in [7, 11) is -3.68. The second kappa shape index (κ2) is 4.79. The zero-order chi connectivity index (χ0) is 13.2. The number of H-pyrrole nitrogens is 1. The molecular weight excluding hydrogens is 252 g/mol. The third-order valence-electron chi connectivity index (χ3n) is 2.56. The summed E-state index contributed by atoms with van der Waals surface area (Å²) in [6, 6.07) is 7.14. The van der Waals surface area contributed by atoms with E-state index in [0.717, 1.165) is 5.56 Å². The molecule has 0 radical (unpaired) electrons. The zero-order valence-electron chi connectivity index (χ0n) is 9.84. The largest absolute Gasteiger partial charge is 0.326 e. The van der Waals surface area contributed by atoms with Crippen LogP contribution in [0.25, 0.3) is 0 Å². The molecule has 6 nitrogen and oxygen atoms in total. The van der Waals surface area contributed by atoms with Crippen LogP contribution in [0.1, 0.15) is 11.1 Å². The molecule has 7 heteroatoms. The lowest BCUT2D eigenvalue weighted by molar-refractivity contribution is 0.595. The van der Waals surface area contributed by atoms with E-state index in [1.165, 1.54) is 6.20 Å². The summed E-state index contributed by atoms with van der Waals surface area (Å²) < 4.78 is 26.8. The first kappa shape index (κ1) is 12.6. The minimum absolute atomic E-state index is 0.00764.